The number of quaternary nitrogens is 1. The van der Waals surface area contributed by atoms with Gasteiger partial charge in [0.15, 0.2) is 0 Å². The second kappa shape index (κ2) is 2.75. The molecule has 0 heterocycles. The number of carbonyl (C=O) groups excluding carboxylic acids is 2. The molecule has 0 amide bonds. The van der Waals surface area contributed by atoms with Crippen molar-refractivity contribution >= 4 is 11.6 Å². The maximum atomic E-state index is 11.9. The topological polar surface area (TPSA) is 61.8 Å². The van der Waals surface area contributed by atoms with Crippen LogP contribution >= 0.6 is 0 Å². The number of hydrogen-bond acceptors (Lipinski definition) is 2. The molecule has 2 rings (SSSR count). The molecular formula is C11H12NO2+. The summed E-state index contributed by atoms with van der Waals surface area (Å²) in [5, 5.41) is 0. The lowest BCUT2D eigenvalue weighted by molar-refractivity contribution is -0.430. The molecule has 1 aliphatic carbocycles. The summed E-state index contributed by atoms with van der Waals surface area (Å²) < 4.78 is 0. The van der Waals surface area contributed by atoms with Crippen LogP contribution in [0.3, 0.4) is 0 Å². The minimum absolute atomic E-state index is 0.138. The lowest BCUT2D eigenvalue weighted by Gasteiger charge is -2.12. The fraction of sp³-hybridized carbons (Fsp3) is 0.273. The maximum Gasteiger partial charge on any atom is 0.231 e. The third-order valence-electron chi connectivity index (χ3n) is 2.89. The average molecular weight is 190 g/mol. The highest BCUT2D eigenvalue weighted by Gasteiger charge is 2.52. The Morgan fingerprint density at radius 1 is 1.14 bits per heavy atom. The average Bonchev–Trinajstić information content (AvgIpc) is 2.43. The number of carbonyl (C=O) groups is 2. The van der Waals surface area contributed by atoms with Crippen molar-refractivity contribution in [2.75, 3.05) is 0 Å². The minimum atomic E-state index is -1.07. The highest BCUT2D eigenvalue weighted by atomic mass is 16.2. The van der Waals surface area contributed by atoms with Gasteiger partial charge in [-0.2, -0.15) is 0 Å². The van der Waals surface area contributed by atoms with Crippen LogP contribution in [0.5, 0.6) is 0 Å². The Morgan fingerprint density at radius 3 is 1.93 bits per heavy atom. The predicted molar refractivity (Wildman–Crippen MR) is 51.0 cm³/mol. The molecule has 0 fully saturated rings. The molecular weight excluding hydrogens is 178 g/mol. The van der Waals surface area contributed by atoms with E-state index in [1.807, 2.05) is 6.92 Å². The van der Waals surface area contributed by atoms with Crippen molar-refractivity contribution in [2.24, 2.45) is 0 Å². The molecule has 0 spiro atoms. The van der Waals surface area contributed by atoms with Crippen molar-refractivity contribution in [2.45, 2.75) is 18.9 Å². The summed E-state index contributed by atoms with van der Waals surface area (Å²) in [7, 11) is 0. The van der Waals surface area contributed by atoms with E-state index in [0.29, 0.717) is 17.5 Å². The summed E-state index contributed by atoms with van der Waals surface area (Å²) in [5.41, 5.74) is 3.74. The zero-order valence-electron chi connectivity index (χ0n) is 8.04. The van der Waals surface area contributed by atoms with E-state index in [9.17, 15) is 9.59 Å². The van der Waals surface area contributed by atoms with Crippen LogP contribution in [0.4, 0.5) is 0 Å². The van der Waals surface area contributed by atoms with Gasteiger partial charge in [0.05, 0.1) is 0 Å². The Bertz CT molecular complexity index is 388. The van der Waals surface area contributed by atoms with Crippen LogP contribution in [0.2, 0.25) is 0 Å². The Kier molecular flexibility index (Phi) is 1.79. The fourth-order valence-electron chi connectivity index (χ4n) is 1.82. The van der Waals surface area contributed by atoms with Gasteiger partial charge in [0, 0.05) is 17.5 Å². The molecule has 14 heavy (non-hydrogen) atoms. The number of benzene rings is 1. The number of fused-ring (bicyclic) bond motifs is 1. The fourth-order valence-corrected chi connectivity index (χ4v) is 1.82. The zero-order valence-corrected chi connectivity index (χ0v) is 8.04. The first kappa shape index (κ1) is 9.09. The van der Waals surface area contributed by atoms with Crippen LogP contribution in [-0.2, 0) is 0 Å². The number of Topliss-reactive ketones (excluding diaryl/α,β-unsaturated/α-hetero) is 2. The van der Waals surface area contributed by atoms with E-state index >= 15 is 0 Å². The molecule has 0 bridgehead atoms. The first-order chi connectivity index (χ1) is 6.61. The molecule has 1 aliphatic rings. The van der Waals surface area contributed by atoms with Crippen LogP contribution in [0, 0.1) is 0 Å². The molecule has 0 radical (unpaired) electrons. The van der Waals surface area contributed by atoms with Gasteiger partial charge in [-0.3, -0.25) is 9.59 Å². The lowest BCUT2D eigenvalue weighted by Crippen LogP contribution is -2.78. The smallest absolute Gasteiger partial charge is 0.231 e. The van der Waals surface area contributed by atoms with Crippen molar-refractivity contribution in [3.05, 3.63) is 35.4 Å². The first-order valence-electron chi connectivity index (χ1n) is 4.65. The molecule has 1 aromatic rings. The van der Waals surface area contributed by atoms with Gasteiger partial charge < -0.3 is 5.73 Å². The normalized spacial score (nSPS) is 18.4. The Balaban J connectivity index is 2.65. The summed E-state index contributed by atoms with van der Waals surface area (Å²) in [6.07, 6.45) is 0.458. The van der Waals surface area contributed by atoms with Crippen molar-refractivity contribution < 1.29 is 15.3 Å². The molecule has 0 atom stereocenters. The highest BCUT2D eigenvalue weighted by Crippen LogP contribution is 2.28. The largest absolute Gasteiger partial charge is 0.340 e. The van der Waals surface area contributed by atoms with E-state index in [0.717, 1.165) is 0 Å². The van der Waals surface area contributed by atoms with Crippen molar-refractivity contribution in [3.63, 3.8) is 0 Å². The van der Waals surface area contributed by atoms with Gasteiger partial charge >= 0.3 is 0 Å². The molecule has 3 heteroatoms. The van der Waals surface area contributed by atoms with Gasteiger partial charge in [0.1, 0.15) is 0 Å². The number of ketones is 2. The van der Waals surface area contributed by atoms with Crippen LogP contribution < -0.4 is 5.73 Å². The van der Waals surface area contributed by atoms with E-state index in [1.165, 1.54) is 0 Å². The van der Waals surface area contributed by atoms with E-state index < -0.39 is 5.54 Å². The molecule has 1 aromatic carbocycles. The lowest BCUT2D eigenvalue weighted by atomic mass is 9.92. The monoisotopic (exact) mass is 190 g/mol. The van der Waals surface area contributed by atoms with E-state index in [-0.39, 0.29) is 11.6 Å². The molecule has 0 saturated heterocycles. The molecule has 0 unspecified atom stereocenters. The molecule has 72 valence electrons. The third kappa shape index (κ3) is 0.902. The summed E-state index contributed by atoms with van der Waals surface area (Å²) in [5.74, 6) is -0.277. The summed E-state index contributed by atoms with van der Waals surface area (Å²) in [6, 6.07) is 6.92. The number of hydrogen-bond donors (Lipinski definition) is 1. The van der Waals surface area contributed by atoms with Gasteiger partial charge in [-0.15, -0.1) is 0 Å². The van der Waals surface area contributed by atoms with Crippen LogP contribution in [0.1, 0.15) is 34.1 Å². The van der Waals surface area contributed by atoms with Gasteiger partial charge in [-0.25, -0.2) is 0 Å². The third-order valence-corrected chi connectivity index (χ3v) is 2.89. The highest BCUT2D eigenvalue weighted by molar-refractivity contribution is 6.31. The second-order valence-corrected chi connectivity index (χ2v) is 3.64. The van der Waals surface area contributed by atoms with Crippen LogP contribution in [0.15, 0.2) is 24.3 Å². The van der Waals surface area contributed by atoms with E-state index in [1.54, 1.807) is 24.3 Å². The minimum Gasteiger partial charge on any atom is -0.340 e. The standard InChI is InChI=1S/C11H11NO2/c1-2-11(12)9(13)7-5-3-4-6-8(7)10(11)14/h3-6H,2,12H2,1H3/p+1. The molecule has 0 aromatic heterocycles. The Morgan fingerprint density at radius 2 is 1.57 bits per heavy atom. The summed E-state index contributed by atoms with van der Waals surface area (Å²) >= 11 is 0. The number of rotatable bonds is 1. The van der Waals surface area contributed by atoms with Crippen molar-refractivity contribution in [1.82, 2.24) is 0 Å². The summed E-state index contributed by atoms with van der Waals surface area (Å²) in [4.78, 5) is 23.8. The second-order valence-electron chi connectivity index (χ2n) is 3.64. The van der Waals surface area contributed by atoms with Gasteiger partial charge in [-0.05, 0) is 0 Å². The maximum absolute atomic E-state index is 11.9. The summed E-state index contributed by atoms with van der Waals surface area (Å²) in [6.45, 7) is 1.81. The van der Waals surface area contributed by atoms with Gasteiger partial charge in [0.25, 0.3) is 0 Å². The van der Waals surface area contributed by atoms with E-state index in [2.05, 4.69) is 5.73 Å². The Labute approximate surface area is 81.9 Å². The molecule has 0 aliphatic heterocycles. The molecule has 0 saturated carbocycles. The van der Waals surface area contributed by atoms with Gasteiger partial charge in [-0.1, -0.05) is 31.2 Å². The van der Waals surface area contributed by atoms with Crippen LogP contribution in [-0.4, -0.2) is 17.1 Å². The van der Waals surface area contributed by atoms with Crippen molar-refractivity contribution in [1.29, 1.82) is 0 Å². The van der Waals surface area contributed by atoms with Crippen LogP contribution in [0.25, 0.3) is 0 Å². The first-order valence-corrected chi connectivity index (χ1v) is 4.65. The van der Waals surface area contributed by atoms with E-state index in [4.69, 9.17) is 0 Å². The zero-order chi connectivity index (χ0) is 10.3. The predicted octanol–water partition coefficient (Wildman–Crippen LogP) is 0.456. The molecule has 3 nitrogen and oxygen atoms in total. The molecule has 3 N–H and O–H groups in total. The quantitative estimate of drug-likeness (QED) is 0.654. The SMILES string of the molecule is CCC1([NH3+])C(=O)c2ccccc2C1=O. The van der Waals surface area contributed by atoms with Crippen molar-refractivity contribution in [3.8, 4) is 0 Å². The van der Waals surface area contributed by atoms with Gasteiger partial charge in [0.2, 0.25) is 17.1 Å². The Hall–Kier alpha value is -1.48.